The van der Waals surface area contributed by atoms with E-state index in [1.165, 1.54) is 0 Å². The van der Waals surface area contributed by atoms with Crippen LogP contribution >= 0.6 is 0 Å². The van der Waals surface area contributed by atoms with Crippen molar-refractivity contribution in [2.75, 3.05) is 19.0 Å². The summed E-state index contributed by atoms with van der Waals surface area (Å²) in [7, 11) is 1.64. The summed E-state index contributed by atoms with van der Waals surface area (Å²) in [5, 5.41) is 7.70. The lowest BCUT2D eigenvalue weighted by molar-refractivity contribution is -0.125. The van der Waals surface area contributed by atoms with Crippen LogP contribution in [0.4, 0.5) is 5.69 Å². The van der Waals surface area contributed by atoms with Crippen LogP contribution in [0.3, 0.4) is 0 Å². The number of benzene rings is 3. The Morgan fingerprint density at radius 1 is 0.966 bits per heavy atom. The Bertz CT molecular complexity index is 1040. The Morgan fingerprint density at radius 3 is 2.31 bits per heavy atom. The largest absolute Gasteiger partial charge is 0.497 e. The van der Waals surface area contributed by atoms with E-state index in [4.69, 9.17) is 4.74 Å². The quantitative estimate of drug-likeness (QED) is 0.659. The van der Waals surface area contributed by atoms with Crippen molar-refractivity contribution in [2.45, 2.75) is 26.7 Å². The summed E-state index contributed by atoms with van der Waals surface area (Å²) in [6.45, 7) is 5.66. The highest BCUT2D eigenvalue weighted by atomic mass is 16.5. The normalized spacial score (nSPS) is 11.7. The van der Waals surface area contributed by atoms with Crippen molar-refractivity contribution in [1.29, 1.82) is 0 Å². The van der Waals surface area contributed by atoms with Gasteiger partial charge in [-0.25, -0.2) is 0 Å². The third-order valence-electron chi connectivity index (χ3n) is 5.13. The number of ether oxygens (including phenoxy) is 1. The van der Waals surface area contributed by atoms with Crippen LogP contribution in [0.2, 0.25) is 0 Å². The Kier molecular flexibility index (Phi) is 6.17. The van der Waals surface area contributed by atoms with Crippen molar-refractivity contribution in [1.82, 2.24) is 5.32 Å². The lowest BCUT2D eigenvalue weighted by Gasteiger charge is -2.15. The summed E-state index contributed by atoms with van der Waals surface area (Å²) in [5.41, 5.74) is 3.68. The number of anilines is 1. The van der Waals surface area contributed by atoms with Crippen molar-refractivity contribution in [3.63, 3.8) is 0 Å². The second kappa shape index (κ2) is 8.78. The smallest absolute Gasteiger partial charge is 0.243 e. The van der Waals surface area contributed by atoms with Crippen LogP contribution in [-0.2, 0) is 9.59 Å². The molecule has 1 unspecified atom stereocenters. The molecule has 0 bridgehead atoms. The average Bonchev–Trinajstić information content (AvgIpc) is 2.73. The summed E-state index contributed by atoms with van der Waals surface area (Å²) in [6.07, 6.45) is 0. The Balaban J connectivity index is 1.63. The number of carbonyl (C=O) groups is 2. The summed E-state index contributed by atoms with van der Waals surface area (Å²) < 4.78 is 5.25. The van der Waals surface area contributed by atoms with Crippen LogP contribution in [-0.4, -0.2) is 25.5 Å². The van der Waals surface area contributed by atoms with Crippen LogP contribution in [0.15, 0.2) is 54.6 Å². The lowest BCUT2D eigenvalue weighted by Crippen LogP contribution is -2.35. The van der Waals surface area contributed by atoms with E-state index in [9.17, 15) is 9.59 Å². The molecule has 3 rings (SSSR count). The van der Waals surface area contributed by atoms with Crippen LogP contribution in [0.25, 0.3) is 10.8 Å². The number of nitrogens with one attached hydrogen (secondary N) is 2. The van der Waals surface area contributed by atoms with E-state index in [1.54, 1.807) is 7.11 Å². The van der Waals surface area contributed by atoms with Crippen LogP contribution in [0.5, 0.6) is 5.75 Å². The number of amides is 2. The van der Waals surface area contributed by atoms with Crippen molar-refractivity contribution < 1.29 is 14.3 Å². The van der Waals surface area contributed by atoms with Crippen LogP contribution < -0.4 is 15.4 Å². The number of rotatable bonds is 6. The molecule has 0 aliphatic rings. The second-order valence-electron chi connectivity index (χ2n) is 7.23. The maximum atomic E-state index is 12.6. The van der Waals surface area contributed by atoms with E-state index in [2.05, 4.69) is 10.6 Å². The number of carbonyl (C=O) groups excluding carboxylic acids is 2. The first-order valence-electron chi connectivity index (χ1n) is 9.60. The van der Waals surface area contributed by atoms with E-state index < -0.39 is 0 Å². The third-order valence-corrected chi connectivity index (χ3v) is 5.13. The minimum atomic E-state index is -0.366. The molecule has 0 aromatic heterocycles. The van der Waals surface area contributed by atoms with Gasteiger partial charge in [-0.3, -0.25) is 9.59 Å². The predicted molar refractivity (Wildman–Crippen MR) is 116 cm³/mol. The Labute approximate surface area is 171 Å². The van der Waals surface area contributed by atoms with Gasteiger partial charge < -0.3 is 15.4 Å². The SMILES string of the molecule is COc1ccc2cc(C(C)C(=O)NCC(=O)Nc3c(C)cccc3C)ccc2c1. The number of para-hydroxylation sites is 1. The Hall–Kier alpha value is -3.34. The van der Waals surface area contributed by atoms with Gasteiger partial charge in [0.2, 0.25) is 11.8 Å². The predicted octanol–water partition coefficient (Wildman–Crippen LogP) is 4.32. The fourth-order valence-electron chi connectivity index (χ4n) is 3.31. The van der Waals surface area contributed by atoms with E-state index in [1.807, 2.05) is 75.4 Å². The van der Waals surface area contributed by atoms with Crippen molar-refractivity contribution in [2.24, 2.45) is 0 Å². The third kappa shape index (κ3) is 4.74. The zero-order valence-corrected chi connectivity index (χ0v) is 17.2. The number of hydrogen-bond donors (Lipinski definition) is 2. The molecule has 0 saturated heterocycles. The van der Waals surface area contributed by atoms with E-state index >= 15 is 0 Å². The average molecular weight is 390 g/mol. The molecule has 2 N–H and O–H groups in total. The molecule has 2 amide bonds. The van der Waals surface area contributed by atoms with Gasteiger partial charge in [-0.2, -0.15) is 0 Å². The van der Waals surface area contributed by atoms with E-state index in [-0.39, 0.29) is 24.3 Å². The van der Waals surface area contributed by atoms with Crippen molar-refractivity contribution in [3.05, 3.63) is 71.3 Å². The van der Waals surface area contributed by atoms with Gasteiger partial charge in [0, 0.05) is 5.69 Å². The number of aryl methyl sites for hydroxylation is 2. The van der Waals surface area contributed by atoms with Gasteiger partial charge in [0.1, 0.15) is 5.75 Å². The minimum absolute atomic E-state index is 0.0677. The molecule has 5 heteroatoms. The molecule has 29 heavy (non-hydrogen) atoms. The minimum Gasteiger partial charge on any atom is -0.497 e. The van der Waals surface area contributed by atoms with Gasteiger partial charge in [0.15, 0.2) is 0 Å². The van der Waals surface area contributed by atoms with Gasteiger partial charge in [0.05, 0.1) is 19.6 Å². The molecular weight excluding hydrogens is 364 g/mol. The molecule has 150 valence electrons. The first kappa shape index (κ1) is 20.4. The molecule has 0 saturated carbocycles. The molecule has 0 aliphatic heterocycles. The van der Waals surface area contributed by atoms with Crippen molar-refractivity contribution in [3.8, 4) is 5.75 Å². The zero-order chi connectivity index (χ0) is 21.0. The van der Waals surface area contributed by atoms with Gasteiger partial charge in [-0.15, -0.1) is 0 Å². The summed E-state index contributed by atoms with van der Waals surface area (Å²) in [5.74, 6) is 0.00326. The molecule has 0 heterocycles. The first-order chi connectivity index (χ1) is 13.9. The summed E-state index contributed by atoms with van der Waals surface area (Å²) in [6, 6.07) is 17.6. The lowest BCUT2D eigenvalue weighted by atomic mass is 9.97. The van der Waals surface area contributed by atoms with E-state index in [0.717, 1.165) is 38.9 Å². The molecule has 0 radical (unpaired) electrons. The van der Waals surface area contributed by atoms with Gasteiger partial charge in [0.25, 0.3) is 0 Å². The Morgan fingerprint density at radius 2 is 1.62 bits per heavy atom. The highest BCUT2D eigenvalue weighted by Crippen LogP contribution is 2.25. The topological polar surface area (TPSA) is 67.4 Å². The van der Waals surface area contributed by atoms with Crippen LogP contribution in [0, 0.1) is 13.8 Å². The number of fused-ring (bicyclic) bond motifs is 1. The number of hydrogen-bond acceptors (Lipinski definition) is 3. The summed E-state index contributed by atoms with van der Waals surface area (Å²) in [4.78, 5) is 24.8. The molecular formula is C24H26N2O3. The molecule has 0 aliphatic carbocycles. The van der Waals surface area contributed by atoms with Gasteiger partial charge in [-0.05, 0) is 60.4 Å². The van der Waals surface area contributed by atoms with Crippen LogP contribution in [0.1, 0.15) is 29.5 Å². The maximum absolute atomic E-state index is 12.6. The number of methoxy groups -OCH3 is 1. The standard InChI is InChI=1S/C24H26N2O3/c1-15-6-5-7-16(2)23(15)26-22(27)14-25-24(28)17(3)18-8-9-20-13-21(29-4)11-10-19(20)12-18/h5-13,17H,14H2,1-4H3,(H,25,28)(H,26,27). The summed E-state index contributed by atoms with van der Waals surface area (Å²) >= 11 is 0. The monoisotopic (exact) mass is 390 g/mol. The molecule has 3 aromatic carbocycles. The molecule has 1 atom stereocenters. The highest BCUT2D eigenvalue weighted by molar-refractivity contribution is 5.96. The van der Waals surface area contributed by atoms with E-state index in [0.29, 0.717) is 0 Å². The first-order valence-corrected chi connectivity index (χ1v) is 9.60. The van der Waals surface area contributed by atoms with Gasteiger partial charge >= 0.3 is 0 Å². The molecule has 0 fully saturated rings. The van der Waals surface area contributed by atoms with Crippen molar-refractivity contribution >= 4 is 28.3 Å². The zero-order valence-electron chi connectivity index (χ0n) is 17.2. The van der Waals surface area contributed by atoms with Gasteiger partial charge in [-0.1, -0.05) is 42.5 Å². The maximum Gasteiger partial charge on any atom is 0.243 e. The highest BCUT2D eigenvalue weighted by Gasteiger charge is 2.17. The molecule has 3 aromatic rings. The molecule has 5 nitrogen and oxygen atoms in total. The fraction of sp³-hybridized carbons (Fsp3) is 0.250. The second-order valence-corrected chi connectivity index (χ2v) is 7.23. The molecule has 0 spiro atoms. The fourth-order valence-corrected chi connectivity index (χ4v) is 3.31.